The number of nitrogens with one attached hydrogen (secondary N) is 1. The Morgan fingerprint density at radius 2 is 1.55 bits per heavy atom. The molecule has 2 aliphatic heterocycles. The van der Waals surface area contributed by atoms with Crippen molar-refractivity contribution >= 4 is 23.6 Å². The number of nitrogens with zero attached hydrogens (tertiary/aromatic N) is 2. The highest BCUT2D eigenvalue weighted by molar-refractivity contribution is 6.03. The van der Waals surface area contributed by atoms with Crippen LogP contribution in [0.4, 0.5) is 15.3 Å². The van der Waals surface area contributed by atoms with Crippen LogP contribution >= 0.6 is 0 Å². The Kier molecular flexibility index (Phi) is 21.8. The highest BCUT2D eigenvalue weighted by atomic mass is 16.7. The molecule has 75 heavy (non-hydrogen) atoms. The van der Waals surface area contributed by atoms with Crippen molar-refractivity contribution in [1.82, 2.24) is 4.90 Å². The number of oxime groups is 1. The fourth-order valence-electron chi connectivity index (χ4n) is 11.4. The molecule has 1 fully saturated rings. The monoisotopic (exact) mass is 1040 g/mol. The molecule has 0 saturated heterocycles. The molecular formula is C59H81N3O13. The van der Waals surface area contributed by atoms with E-state index in [4.69, 9.17) is 47.9 Å². The number of aliphatic hydroxyl groups is 2. The lowest BCUT2D eigenvalue weighted by Crippen LogP contribution is -2.70. The third-order valence-electron chi connectivity index (χ3n) is 14.9. The minimum absolute atomic E-state index is 0.0101. The molecule has 6 atom stereocenters. The van der Waals surface area contributed by atoms with Gasteiger partial charge >= 0.3 is 12.2 Å². The van der Waals surface area contributed by atoms with E-state index in [0.717, 1.165) is 68.1 Å². The molecule has 0 bridgehead atoms. The van der Waals surface area contributed by atoms with Crippen molar-refractivity contribution in [2.45, 2.75) is 147 Å². The van der Waals surface area contributed by atoms with E-state index in [0.29, 0.717) is 59.6 Å². The summed E-state index contributed by atoms with van der Waals surface area (Å²) in [6.45, 7) is 9.14. The molecule has 0 radical (unpaired) electrons. The number of fused-ring (bicyclic) bond motifs is 3. The molecule has 3 aromatic rings. The van der Waals surface area contributed by atoms with Crippen LogP contribution < -0.4 is 33.7 Å². The van der Waals surface area contributed by atoms with Crippen molar-refractivity contribution in [3.8, 4) is 34.5 Å². The molecule has 3 N–H and O–H groups in total. The summed E-state index contributed by atoms with van der Waals surface area (Å²) in [5.74, 6) is 0.354. The van der Waals surface area contributed by atoms with Crippen LogP contribution in [0, 0.1) is 17.8 Å². The SMILES string of the molecule is C=CCOC12Oc3ccc(OC(=O)Nc4ccc(OC)cc4OC)cc3C3C(CCCCO)C(CCCCO)C=C(C(=NOCC)CC1N(Cc1ccc4c(c1)OCO4)C(=O)OCCCCCCCCCCCC)C32. The minimum atomic E-state index is -1.55. The second-order valence-corrected chi connectivity index (χ2v) is 19.9. The number of hydrogen-bond donors (Lipinski definition) is 3. The van der Waals surface area contributed by atoms with Crippen LogP contribution in [-0.4, -0.2) is 98.9 Å². The smallest absolute Gasteiger partial charge is 0.417 e. The first kappa shape index (κ1) is 56.8. The Morgan fingerprint density at radius 1 is 0.827 bits per heavy atom. The molecule has 410 valence electrons. The average molecular weight is 1040 g/mol. The van der Waals surface area contributed by atoms with Crippen molar-refractivity contribution in [1.29, 1.82) is 0 Å². The van der Waals surface area contributed by atoms with Crippen LogP contribution in [0.2, 0.25) is 0 Å². The number of hydrogen-bond acceptors (Lipinski definition) is 14. The summed E-state index contributed by atoms with van der Waals surface area (Å²) in [6, 6.07) is 15.2. The van der Waals surface area contributed by atoms with Gasteiger partial charge in [-0.25, -0.2) is 9.59 Å². The minimum Gasteiger partial charge on any atom is -0.497 e. The molecular weight excluding hydrogens is 959 g/mol. The predicted molar refractivity (Wildman–Crippen MR) is 287 cm³/mol. The number of anilines is 1. The van der Waals surface area contributed by atoms with Gasteiger partial charge in [0.05, 0.1) is 44.8 Å². The normalized spacial score (nSPS) is 21.5. The van der Waals surface area contributed by atoms with Gasteiger partial charge in [-0.15, -0.1) is 6.58 Å². The Morgan fingerprint density at radius 3 is 2.27 bits per heavy atom. The van der Waals surface area contributed by atoms with Gasteiger partial charge in [-0.3, -0.25) is 10.2 Å². The summed E-state index contributed by atoms with van der Waals surface area (Å²) in [5, 5.41) is 27.8. The Labute approximate surface area is 443 Å². The van der Waals surface area contributed by atoms with Crippen LogP contribution in [0.25, 0.3) is 0 Å². The van der Waals surface area contributed by atoms with Crippen LogP contribution in [0.1, 0.15) is 140 Å². The molecule has 2 aliphatic carbocycles. The summed E-state index contributed by atoms with van der Waals surface area (Å²) >= 11 is 0. The maximum Gasteiger partial charge on any atom is 0.417 e. The average Bonchev–Trinajstić information content (AvgIpc) is 3.93. The van der Waals surface area contributed by atoms with Crippen molar-refractivity contribution in [3.05, 3.63) is 90.0 Å². The van der Waals surface area contributed by atoms with Gasteiger partial charge in [0.2, 0.25) is 12.6 Å². The molecule has 2 amide bonds. The number of methoxy groups -OCH3 is 2. The molecule has 16 heteroatoms. The summed E-state index contributed by atoms with van der Waals surface area (Å²) in [7, 11) is 3.06. The van der Waals surface area contributed by atoms with Crippen molar-refractivity contribution < 1.29 is 62.5 Å². The third kappa shape index (κ3) is 14.3. The molecule has 0 spiro atoms. The summed E-state index contributed by atoms with van der Waals surface area (Å²) in [6.07, 6.45) is 18.6. The van der Waals surface area contributed by atoms with Gasteiger partial charge in [0.15, 0.2) is 11.5 Å². The van der Waals surface area contributed by atoms with Gasteiger partial charge in [0.25, 0.3) is 0 Å². The van der Waals surface area contributed by atoms with Gasteiger partial charge in [-0.05, 0) is 104 Å². The summed E-state index contributed by atoms with van der Waals surface area (Å²) in [4.78, 5) is 36.6. The van der Waals surface area contributed by atoms with Gasteiger partial charge in [0, 0.05) is 43.7 Å². The second kappa shape index (κ2) is 28.8. The van der Waals surface area contributed by atoms with Crippen molar-refractivity contribution in [2.24, 2.45) is 22.9 Å². The van der Waals surface area contributed by atoms with E-state index in [2.05, 4.69) is 24.9 Å². The van der Waals surface area contributed by atoms with E-state index in [-0.39, 0.29) is 69.7 Å². The molecule has 3 aromatic carbocycles. The Hall–Kier alpha value is -5.97. The standard InChI is InChI=1S/C59H81N3O13/c1-6-9-10-11-12-13-14-15-16-21-33-69-58(66)62(39-41-24-28-51-53(34-41)71-40-70-51)54-38-49(61-73-8-3)46-35-42(22-17-19-30-63)45(23-18-20-31-64)55-47-36-44(26-29-50(47)75-59(54,56(46)55)72-32-7-2)74-57(65)60-48-27-25-43(67-4)37-52(48)68-5/h7,24-29,34-37,42,45,54-56,63-64H,2,6,8-23,30-33,38-40H2,1,3-5H3,(H,60,65). The van der Waals surface area contributed by atoms with Gasteiger partial charge in [-0.1, -0.05) is 101 Å². The number of unbranched alkanes of at least 4 members (excludes halogenated alkanes) is 11. The first-order valence-electron chi connectivity index (χ1n) is 27.4. The van der Waals surface area contributed by atoms with E-state index in [1.54, 1.807) is 48.4 Å². The largest absolute Gasteiger partial charge is 0.497 e. The predicted octanol–water partition coefficient (Wildman–Crippen LogP) is 12.3. The molecule has 4 aliphatic rings. The lowest BCUT2D eigenvalue weighted by atomic mass is 9.55. The summed E-state index contributed by atoms with van der Waals surface area (Å²) < 4.78 is 49.4. The van der Waals surface area contributed by atoms with Gasteiger partial charge in [0.1, 0.15) is 35.6 Å². The van der Waals surface area contributed by atoms with E-state index >= 15 is 4.79 Å². The number of rotatable bonds is 31. The Balaban J connectivity index is 1.31. The van der Waals surface area contributed by atoms with Crippen molar-refractivity contribution in [2.75, 3.05) is 59.4 Å². The van der Waals surface area contributed by atoms with Crippen LogP contribution in [0.3, 0.4) is 0 Å². The second-order valence-electron chi connectivity index (χ2n) is 19.9. The zero-order valence-corrected chi connectivity index (χ0v) is 44.7. The van der Waals surface area contributed by atoms with E-state index in [1.807, 2.05) is 31.2 Å². The van der Waals surface area contributed by atoms with Crippen LogP contribution in [0.5, 0.6) is 34.5 Å². The lowest BCUT2D eigenvalue weighted by molar-refractivity contribution is -0.256. The molecule has 6 unspecified atom stereocenters. The number of ether oxygens (including phenoxy) is 8. The highest BCUT2D eigenvalue weighted by Crippen LogP contribution is 2.62. The number of carbonyl (C=O) groups is 2. The quantitative estimate of drug-likeness (QED) is 0.0314. The third-order valence-corrected chi connectivity index (χ3v) is 14.9. The molecule has 1 saturated carbocycles. The zero-order valence-electron chi connectivity index (χ0n) is 44.7. The van der Waals surface area contributed by atoms with Crippen molar-refractivity contribution in [3.63, 3.8) is 0 Å². The number of carbonyl (C=O) groups excluding carboxylic acids is 2. The topological polar surface area (TPSA) is 185 Å². The van der Waals surface area contributed by atoms with E-state index < -0.39 is 29.9 Å². The molecule has 2 heterocycles. The number of benzene rings is 3. The first-order valence-corrected chi connectivity index (χ1v) is 27.4. The van der Waals surface area contributed by atoms with Gasteiger partial charge in [-0.2, -0.15) is 0 Å². The molecule has 0 aromatic heterocycles. The number of amides is 2. The van der Waals surface area contributed by atoms with E-state index in [1.165, 1.54) is 45.6 Å². The molecule has 16 nitrogen and oxygen atoms in total. The zero-order chi connectivity index (χ0) is 53.0. The maximum atomic E-state index is 15.2. The first-order chi connectivity index (χ1) is 36.7. The Bertz CT molecular complexity index is 2390. The number of aliphatic hydroxyl groups excluding tert-OH is 2. The highest BCUT2D eigenvalue weighted by Gasteiger charge is 2.66. The fourth-order valence-corrected chi connectivity index (χ4v) is 11.4. The fraction of sp³-hybridized carbons (Fsp3) is 0.576. The van der Waals surface area contributed by atoms with E-state index in [9.17, 15) is 15.0 Å². The lowest BCUT2D eigenvalue weighted by Gasteiger charge is -2.59. The van der Waals surface area contributed by atoms with Crippen LogP contribution in [0.15, 0.2) is 84.1 Å². The summed E-state index contributed by atoms with van der Waals surface area (Å²) in [5.41, 5.74) is 3.50. The molecule has 7 rings (SSSR count). The maximum absolute atomic E-state index is 15.2. The number of allylic oxidation sites excluding steroid dienone is 1. The van der Waals surface area contributed by atoms with Gasteiger partial charge < -0.3 is 52.9 Å². The van der Waals surface area contributed by atoms with Crippen LogP contribution in [-0.2, 0) is 20.9 Å².